The maximum Gasteiger partial charge on any atom is 0.405 e. The number of hydrogen-bond donors (Lipinski definition) is 2. The van der Waals surface area contributed by atoms with Crippen molar-refractivity contribution >= 4 is 22.9 Å². The van der Waals surface area contributed by atoms with E-state index in [9.17, 15) is 22.8 Å². The molecule has 41 heavy (non-hydrogen) atoms. The van der Waals surface area contributed by atoms with Crippen molar-refractivity contribution in [2.75, 3.05) is 6.54 Å². The minimum atomic E-state index is -4.56. The van der Waals surface area contributed by atoms with Crippen LogP contribution in [0.1, 0.15) is 61.3 Å². The molecule has 0 spiro atoms. The Morgan fingerprint density at radius 2 is 1.83 bits per heavy atom. The van der Waals surface area contributed by atoms with Gasteiger partial charge in [-0.1, -0.05) is 49.7 Å². The van der Waals surface area contributed by atoms with Gasteiger partial charge in [-0.05, 0) is 50.1 Å². The fraction of sp³-hybridized carbons (Fsp3) is 0.323. The van der Waals surface area contributed by atoms with Gasteiger partial charge in [0, 0.05) is 34.7 Å². The summed E-state index contributed by atoms with van der Waals surface area (Å²) in [6.45, 7) is 4.50. The van der Waals surface area contributed by atoms with E-state index in [1.807, 2.05) is 80.7 Å². The van der Waals surface area contributed by atoms with Crippen molar-refractivity contribution in [2.24, 2.45) is 0 Å². The summed E-state index contributed by atoms with van der Waals surface area (Å²) in [5.74, 6) is -0.288. The van der Waals surface area contributed by atoms with Gasteiger partial charge < -0.3 is 20.0 Å². The molecule has 0 saturated heterocycles. The Bertz CT molecular complexity index is 1560. The first-order chi connectivity index (χ1) is 19.5. The van der Waals surface area contributed by atoms with Gasteiger partial charge in [-0.3, -0.25) is 4.79 Å². The average molecular weight is 565 g/mol. The van der Waals surface area contributed by atoms with Gasteiger partial charge in [-0.15, -0.1) is 0 Å². The number of para-hydroxylation sites is 1. The molecule has 10 heteroatoms. The number of urea groups is 1. The molecule has 0 radical (unpaired) electrons. The molecule has 4 aromatic rings. The highest BCUT2D eigenvalue weighted by molar-refractivity contribution is 5.94. The third kappa shape index (κ3) is 6.06. The number of alkyl halides is 3. The average Bonchev–Trinajstić information content (AvgIpc) is 3.53. The third-order valence-corrected chi connectivity index (χ3v) is 6.96. The predicted molar refractivity (Wildman–Crippen MR) is 150 cm³/mol. The van der Waals surface area contributed by atoms with Gasteiger partial charge in [0.05, 0.1) is 11.7 Å². The monoisotopic (exact) mass is 564 g/mol. The lowest BCUT2D eigenvalue weighted by Gasteiger charge is -2.27. The molecule has 0 saturated carbocycles. The number of nitrogens with zero attached hydrogens (tertiary/aromatic N) is 2. The quantitative estimate of drug-likeness (QED) is 0.248. The lowest BCUT2D eigenvalue weighted by atomic mass is 9.94. The summed E-state index contributed by atoms with van der Waals surface area (Å²) in [5.41, 5.74) is 3.97. The van der Waals surface area contributed by atoms with E-state index in [-0.39, 0.29) is 30.4 Å². The van der Waals surface area contributed by atoms with Crippen LogP contribution in [0, 0.1) is 0 Å². The second-order valence-electron chi connectivity index (χ2n) is 10.5. The van der Waals surface area contributed by atoms with Crippen LogP contribution in [0.3, 0.4) is 0 Å². The zero-order valence-electron chi connectivity index (χ0n) is 23.0. The number of hydrogen-bond acceptors (Lipinski definition) is 4. The largest absolute Gasteiger partial charge is 0.456 e. The molecule has 7 nitrogen and oxygen atoms in total. The van der Waals surface area contributed by atoms with E-state index in [4.69, 9.17) is 4.42 Å². The van der Waals surface area contributed by atoms with E-state index in [2.05, 4.69) is 10.3 Å². The zero-order valence-corrected chi connectivity index (χ0v) is 23.0. The third-order valence-electron chi connectivity index (χ3n) is 6.96. The summed E-state index contributed by atoms with van der Waals surface area (Å²) in [6, 6.07) is 17.9. The fourth-order valence-electron chi connectivity index (χ4n) is 5.23. The minimum absolute atomic E-state index is 0.0877. The molecule has 1 aliphatic rings. The summed E-state index contributed by atoms with van der Waals surface area (Å²) >= 11 is 0. The number of fused-ring (bicyclic) bond motifs is 2. The molecule has 5 rings (SSSR count). The number of halogens is 3. The highest BCUT2D eigenvalue weighted by atomic mass is 19.4. The SMILES string of the molecule is CCC[C@@H]1c2c(cc(C(=O)NCC(F)(F)F)nc2-c2cccc(-c3cc4ccccc4o3)c2)CN1C(=O)NC(C)C. The smallest absolute Gasteiger partial charge is 0.405 e. The zero-order chi connectivity index (χ0) is 29.3. The number of pyridine rings is 1. The second-order valence-corrected chi connectivity index (χ2v) is 10.5. The molecule has 0 aliphatic carbocycles. The summed E-state index contributed by atoms with van der Waals surface area (Å²) in [5, 5.41) is 5.81. The summed E-state index contributed by atoms with van der Waals surface area (Å²) < 4.78 is 44.6. The van der Waals surface area contributed by atoms with Crippen molar-refractivity contribution in [3.63, 3.8) is 0 Å². The first-order valence-corrected chi connectivity index (χ1v) is 13.6. The van der Waals surface area contributed by atoms with Crippen molar-refractivity contribution in [1.29, 1.82) is 0 Å². The van der Waals surface area contributed by atoms with Crippen LogP contribution < -0.4 is 10.6 Å². The number of furan rings is 1. The highest BCUT2D eigenvalue weighted by Gasteiger charge is 2.37. The van der Waals surface area contributed by atoms with E-state index >= 15 is 0 Å². The van der Waals surface area contributed by atoms with Crippen LogP contribution in [0.15, 0.2) is 65.1 Å². The molecule has 3 amide bonds. The summed E-state index contributed by atoms with van der Waals surface area (Å²) in [7, 11) is 0. The molecule has 2 N–H and O–H groups in total. The van der Waals surface area contributed by atoms with E-state index in [0.29, 0.717) is 29.0 Å². The van der Waals surface area contributed by atoms with E-state index in [0.717, 1.165) is 28.5 Å². The molecular formula is C31H31F3N4O3. The standard InChI is InChI=1S/C31H31F3N4O3/c1-4-8-24-27-22(16-38(24)30(40)36-18(2)3)14-23(29(39)35-17-31(32,33)34)37-28(27)21-11-7-10-19(13-21)26-15-20-9-5-6-12-25(20)41-26/h5-7,9-15,18,24H,4,8,16-17H2,1-3H3,(H,35,39)(H,36,40)/t24-/m1/s1. The molecule has 3 heterocycles. The van der Waals surface area contributed by atoms with Crippen LogP contribution >= 0.6 is 0 Å². The van der Waals surface area contributed by atoms with E-state index in [1.54, 1.807) is 4.90 Å². The second kappa shape index (κ2) is 11.3. The Hall–Kier alpha value is -4.34. The van der Waals surface area contributed by atoms with Crippen LogP contribution in [0.2, 0.25) is 0 Å². The molecule has 1 atom stereocenters. The summed E-state index contributed by atoms with van der Waals surface area (Å²) in [4.78, 5) is 32.4. The lowest BCUT2D eigenvalue weighted by Crippen LogP contribution is -2.42. The Kier molecular flexibility index (Phi) is 7.75. The Morgan fingerprint density at radius 1 is 1.07 bits per heavy atom. The highest BCUT2D eigenvalue weighted by Crippen LogP contribution is 2.43. The fourth-order valence-corrected chi connectivity index (χ4v) is 5.23. The van der Waals surface area contributed by atoms with Gasteiger partial charge in [0.1, 0.15) is 23.6 Å². The maximum absolute atomic E-state index is 13.2. The van der Waals surface area contributed by atoms with Crippen LogP contribution in [0.4, 0.5) is 18.0 Å². The first-order valence-electron chi connectivity index (χ1n) is 13.6. The number of aromatic nitrogens is 1. The van der Waals surface area contributed by atoms with Crippen LogP contribution in [-0.2, 0) is 6.54 Å². The molecule has 0 unspecified atom stereocenters. The van der Waals surface area contributed by atoms with Crippen molar-refractivity contribution in [2.45, 2.75) is 58.4 Å². The maximum atomic E-state index is 13.2. The van der Waals surface area contributed by atoms with Crippen LogP contribution in [0.25, 0.3) is 33.6 Å². The molecule has 2 aromatic heterocycles. The van der Waals surface area contributed by atoms with Gasteiger partial charge in [0.2, 0.25) is 0 Å². The number of rotatable bonds is 7. The number of nitrogens with one attached hydrogen (secondary N) is 2. The summed E-state index contributed by atoms with van der Waals surface area (Å²) in [6.07, 6.45) is -3.13. The van der Waals surface area contributed by atoms with Crippen molar-refractivity contribution in [3.05, 3.63) is 77.5 Å². The normalized spacial score (nSPS) is 14.9. The Labute approximate surface area is 235 Å². The lowest BCUT2D eigenvalue weighted by molar-refractivity contribution is -0.123. The van der Waals surface area contributed by atoms with Crippen LogP contribution in [0.5, 0.6) is 0 Å². The Morgan fingerprint density at radius 3 is 2.54 bits per heavy atom. The first kappa shape index (κ1) is 28.2. The number of carbonyl (C=O) groups is 2. The number of benzene rings is 2. The number of carbonyl (C=O) groups excluding carboxylic acids is 2. The molecule has 0 fully saturated rings. The molecule has 214 valence electrons. The van der Waals surface area contributed by atoms with Crippen molar-refractivity contribution in [3.8, 4) is 22.6 Å². The molecule has 0 bridgehead atoms. The minimum Gasteiger partial charge on any atom is -0.456 e. The molecular weight excluding hydrogens is 533 g/mol. The van der Waals surface area contributed by atoms with Crippen LogP contribution in [-0.4, -0.2) is 40.6 Å². The molecule has 1 aliphatic heterocycles. The van der Waals surface area contributed by atoms with Gasteiger partial charge in [0.25, 0.3) is 5.91 Å². The Balaban J connectivity index is 1.62. The van der Waals surface area contributed by atoms with Gasteiger partial charge in [-0.25, -0.2) is 9.78 Å². The topological polar surface area (TPSA) is 87.5 Å². The van der Waals surface area contributed by atoms with E-state index in [1.165, 1.54) is 6.07 Å². The van der Waals surface area contributed by atoms with Crippen molar-refractivity contribution in [1.82, 2.24) is 20.5 Å². The van der Waals surface area contributed by atoms with E-state index < -0.39 is 18.6 Å². The predicted octanol–water partition coefficient (Wildman–Crippen LogP) is 7.23. The van der Waals surface area contributed by atoms with Gasteiger partial charge in [0.15, 0.2) is 0 Å². The number of amides is 3. The van der Waals surface area contributed by atoms with Crippen molar-refractivity contribution < 1.29 is 27.2 Å². The van der Waals surface area contributed by atoms with Gasteiger partial charge >= 0.3 is 12.2 Å². The molecule has 2 aromatic carbocycles. The van der Waals surface area contributed by atoms with Gasteiger partial charge in [-0.2, -0.15) is 13.2 Å².